The molecule has 2 aromatic rings. The predicted octanol–water partition coefficient (Wildman–Crippen LogP) is 3.52. The fourth-order valence-corrected chi connectivity index (χ4v) is 2.62. The second kappa shape index (κ2) is 4.78. The average Bonchev–Trinajstić information content (AvgIpc) is 3.01. The summed E-state index contributed by atoms with van der Waals surface area (Å²) < 4.78 is 4.93. The zero-order valence-corrected chi connectivity index (χ0v) is 10.6. The van der Waals surface area contributed by atoms with Gasteiger partial charge in [0.05, 0.1) is 23.1 Å². The average molecular weight is 271 g/mol. The monoisotopic (exact) mass is 271 g/mol. The minimum absolute atomic E-state index is 0.286. The number of furan rings is 1. The molecule has 1 aliphatic heterocycles. The number of amides is 2. The van der Waals surface area contributed by atoms with E-state index < -0.39 is 0 Å². The lowest BCUT2D eigenvalue weighted by atomic mass is 10.2. The summed E-state index contributed by atoms with van der Waals surface area (Å²) in [6, 6.07) is 10.6. The van der Waals surface area contributed by atoms with Crippen molar-refractivity contribution in [1.82, 2.24) is 0 Å². The third kappa shape index (κ3) is 2.20. The molecule has 0 aliphatic carbocycles. The van der Waals surface area contributed by atoms with Gasteiger partial charge in [0.2, 0.25) is 0 Å². The van der Waals surface area contributed by atoms with Crippen molar-refractivity contribution < 1.29 is 14.0 Å². The van der Waals surface area contributed by atoms with Crippen molar-refractivity contribution in [2.24, 2.45) is 0 Å². The van der Waals surface area contributed by atoms with Gasteiger partial charge in [-0.25, -0.2) is 4.90 Å². The number of hydrogen-bond acceptors (Lipinski definition) is 4. The van der Waals surface area contributed by atoms with Crippen LogP contribution in [0.5, 0.6) is 0 Å². The largest absolute Gasteiger partial charge is 0.472 e. The molecule has 2 heterocycles. The number of benzene rings is 1. The highest BCUT2D eigenvalue weighted by molar-refractivity contribution is 8.19. The second-order valence-electron chi connectivity index (χ2n) is 3.91. The Kier molecular flexibility index (Phi) is 2.97. The molecular weight excluding hydrogens is 262 g/mol. The van der Waals surface area contributed by atoms with Crippen LogP contribution in [-0.4, -0.2) is 11.1 Å². The Hall–Kier alpha value is -2.27. The Bertz CT molecular complexity index is 647. The van der Waals surface area contributed by atoms with Crippen molar-refractivity contribution >= 4 is 34.7 Å². The van der Waals surface area contributed by atoms with Gasteiger partial charge in [-0.05, 0) is 36.0 Å². The number of carbonyl (C=O) groups excluding carboxylic acids is 2. The molecule has 0 spiro atoms. The van der Waals surface area contributed by atoms with E-state index in [-0.39, 0.29) is 11.1 Å². The van der Waals surface area contributed by atoms with E-state index in [2.05, 4.69) is 0 Å². The van der Waals surface area contributed by atoms with E-state index in [1.54, 1.807) is 36.4 Å². The standard InChI is InChI=1S/C14H9NO3S/c16-13-12(8-10-6-7-18-9-10)19-14(17)15(13)11-4-2-1-3-5-11/h1-9H/b12-8+. The first-order valence-corrected chi connectivity index (χ1v) is 6.42. The molecule has 0 bridgehead atoms. The maximum absolute atomic E-state index is 12.2. The molecule has 1 fully saturated rings. The molecule has 0 radical (unpaired) electrons. The first-order chi connectivity index (χ1) is 9.25. The predicted molar refractivity (Wildman–Crippen MR) is 73.6 cm³/mol. The van der Waals surface area contributed by atoms with Crippen LogP contribution in [0.3, 0.4) is 0 Å². The second-order valence-corrected chi connectivity index (χ2v) is 4.90. The molecule has 0 unspecified atom stereocenters. The summed E-state index contributed by atoms with van der Waals surface area (Å²) in [4.78, 5) is 25.7. The van der Waals surface area contributed by atoms with Crippen LogP contribution in [0.2, 0.25) is 0 Å². The Morgan fingerprint density at radius 1 is 1.11 bits per heavy atom. The maximum Gasteiger partial charge on any atom is 0.298 e. The van der Waals surface area contributed by atoms with Gasteiger partial charge in [-0.3, -0.25) is 9.59 Å². The van der Waals surface area contributed by atoms with E-state index in [0.717, 1.165) is 17.3 Å². The first-order valence-electron chi connectivity index (χ1n) is 5.61. The molecule has 1 aliphatic rings. The molecule has 2 amide bonds. The zero-order chi connectivity index (χ0) is 13.2. The first kappa shape index (κ1) is 11.8. The molecule has 1 aromatic heterocycles. The van der Waals surface area contributed by atoms with E-state index in [0.29, 0.717) is 10.6 Å². The summed E-state index contributed by atoms with van der Waals surface area (Å²) in [6.45, 7) is 0. The summed E-state index contributed by atoms with van der Waals surface area (Å²) >= 11 is 0.932. The van der Waals surface area contributed by atoms with E-state index in [1.165, 1.54) is 17.4 Å². The number of imide groups is 1. The SMILES string of the molecule is O=C1S/C(=C/c2ccoc2)C(=O)N1c1ccccc1. The summed E-state index contributed by atoms with van der Waals surface area (Å²) in [5.41, 5.74) is 1.35. The molecule has 1 saturated heterocycles. The normalized spacial score (nSPS) is 17.5. The lowest BCUT2D eigenvalue weighted by Crippen LogP contribution is -2.27. The fourth-order valence-electron chi connectivity index (χ4n) is 1.78. The highest BCUT2D eigenvalue weighted by Gasteiger charge is 2.36. The van der Waals surface area contributed by atoms with Crippen LogP contribution in [0.15, 0.2) is 58.2 Å². The third-order valence-electron chi connectivity index (χ3n) is 2.65. The number of carbonyl (C=O) groups is 2. The van der Waals surface area contributed by atoms with Gasteiger partial charge in [0.25, 0.3) is 11.1 Å². The summed E-state index contributed by atoms with van der Waals surface area (Å²) in [7, 11) is 0. The molecule has 0 atom stereocenters. The van der Waals surface area contributed by atoms with E-state index >= 15 is 0 Å². The highest BCUT2D eigenvalue weighted by atomic mass is 32.2. The maximum atomic E-state index is 12.2. The van der Waals surface area contributed by atoms with E-state index in [4.69, 9.17) is 4.42 Å². The lowest BCUT2D eigenvalue weighted by Gasteiger charge is -2.11. The van der Waals surface area contributed by atoms with Crippen LogP contribution in [0.4, 0.5) is 10.5 Å². The van der Waals surface area contributed by atoms with Crippen molar-refractivity contribution in [3.63, 3.8) is 0 Å². The van der Waals surface area contributed by atoms with Gasteiger partial charge in [-0.2, -0.15) is 0 Å². The van der Waals surface area contributed by atoms with Crippen molar-refractivity contribution in [1.29, 1.82) is 0 Å². The van der Waals surface area contributed by atoms with Crippen molar-refractivity contribution in [3.05, 3.63) is 59.4 Å². The Balaban J connectivity index is 1.94. The third-order valence-corrected chi connectivity index (χ3v) is 3.52. The molecule has 0 saturated carbocycles. The molecule has 4 nitrogen and oxygen atoms in total. The van der Waals surface area contributed by atoms with Crippen LogP contribution in [0.1, 0.15) is 5.56 Å². The van der Waals surface area contributed by atoms with Crippen LogP contribution < -0.4 is 4.90 Å². The summed E-state index contributed by atoms with van der Waals surface area (Å²) in [5, 5.41) is -0.286. The van der Waals surface area contributed by atoms with E-state index in [9.17, 15) is 9.59 Å². The fraction of sp³-hybridized carbons (Fsp3) is 0. The van der Waals surface area contributed by atoms with Gasteiger partial charge >= 0.3 is 0 Å². The van der Waals surface area contributed by atoms with Gasteiger partial charge in [0.1, 0.15) is 0 Å². The molecule has 94 valence electrons. The minimum Gasteiger partial charge on any atom is -0.472 e. The molecular formula is C14H9NO3S. The van der Waals surface area contributed by atoms with Gasteiger partial charge in [-0.15, -0.1) is 0 Å². The minimum atomic E-state index is -0.303. The molecule has 1 aromatic carbocycles. The Morgan fingerprint density at radius 2 is 1.89 bits per heavy atom. The number of para-hydroxylation sites is 1. The van der Waals surface area contributed by atoms with Gasteiger partial charge in [0.15, 0.2) is 0 Å². The lowest BCUT2D eigenvalue weighted by molar-refractivity contribution is -0.113. The number of anilines is 1. The van der Waals surface area contributed by atoms with E-state index in [1.807, 2.05) is 6.07 Å². The molecule has 3 rings (SSSR count). The number of rotatable bonds is 2. The van der Waals surface area contributed by atoms with Crippen molar-refractivity contribution in [3.8, 4) is 0 Å². The molecule has 5 heteroatoms. The van der Waals surface area contributed by atoms with Crippen molar-refractivity contribution in [2.75, 3.05) is 4.90 Å². The number of thioether (sulfide) groups is 1. The van der Waals surface area contributed by atoms with Gasteiger partial charge < -0.3 is 4.42 Å². The topological polar surface area (TPSA) is 50.5 Å². The van der Waals surface area contributed by atoms with Crippen LogP contribution in [0.25, 0.3) is 6.08 Å². The zero-order valence-electron chi connectivity index (χ0n) is 9.78. The van der Waals surface area contributed by atoms with Gasteiger partial charge in [0, 0.05) is 5.56 Å². The van der Waals surface area contributed by atoms with Gasteiger partial charge in [-0.1, -0.05) is 18.2 Å². The smallest absolute Gasteiger partial charge is 0.298 e. The Labute approximate surface area is 113 Å². The van der Waals surface area contributed by atoms with Crippen LogP contribution >= 0.6 is 11.8 Å². The highest BCUT2D eigenvalue weighted by Crippen LogP contribution is 2.35. The molecule has 19 heavy (non-hydrogen) atoms. The Morgan fingerprint density at radius 3 is 2.58 bits per heavy atom. The summed E-state index contributed by atoms with van der Waals surface area (Å²) in [5.74, 6) is -0.303. The van der Waals surface area contributed by atoms with Crippen LogP contribution in [0, 0.1) is 0 Å². The quantitative estimate of drug-likeness (QED) is 0.784. The number of nitrogens with zero attached hydrogens (tertiary/aromatic N) is 1. The summed E-state index contributed by atoms with van der Waals surface area (Å²) in [6.07, 6.45) is 4.70. The molecule has 0 N–H and O–H groups in total. The van der Waals surface area contributed by atoms with Crippen LogP contribution in [-0.2, 0) is 4.79 Å². The number of hydrogen-bond donors (Lipinski definition) is 0. The van der Waals surface area contributed by atoms with Crippen molar-refractivity contribution in [2.45, 2.75) is 0 Å².